The van der Waals surface area contributed by atoms with Crippen molar-refractivity contribution in [3.63, 3.8) is 0 Å². The molecule has 1 unspecified atom stereocenters. The Morgan fingerprint density at radius 1 is 1.11 bits per heavy atom. The number of nitrogens with one attached hydrogen (secondary N) is 1. The van der Waals surface area contributed by atoms with E-state index in [2.05, 4.69) is 15.3 Å². The number of anilines is 2. The third kappa shape index (κ3) is 4.91. The SMILES string of the molecule is Cc1ccc(Cn2c(=O)c(N3CCCC(C(=O)Nc4ccccc4Cl)C3)nc3cccnc32)cc1. The van der Waals surface area contributed by atoms with E-state index in [9.17, 15) is 9.59 Å². The lowest BCUT2D eigenvalue weighted by atomic mass is 9.97. The summed E-state index contributed by atoms with van der Waals surface area (Å²) < 4.78 is 1.68. The monoisotopic (exact) mass is 487 g/mol. The van der Waals surface area contributed by atoms with Crippen molar-refractivity contribution in [1.82, 2.24) is 14.5 Å². The topological polar surface area (TPSA) is 80.1 Å². The number of carbonyl (C=O) groups is 1. The highest BCUT2D eigenvalue weighted by atomic mass is 35.5. The van der Waals surface area contributed by atoms with Crippen LogP contribution in [0.25, 0.3) is 11.2 Å². The van der Waals surface area contributed by atoms with Crippen molar-refractivity contribution in [2.24, 2.45) is 5.92 Å². The zero-order valence-electron chi connectivity index (χ0n) is 19.4. The average molecular weight is 488 g/mol. The summed E-state index contributed by atoms with van der Waals surface area (Å²) in [7, 11) is 0. The van der Waals surface area contributed by atoms with Crippen LogP contribution in [0.5, 0.6) is 0 Å². The number of aryl methyl sites for hydroxylation is 1. The van der Waals surface area contributed by atoms with Crippen LogP contribution in [0.15, 0.2) is 71.7 Å². The molecule has 5 rings (SSSR count). The van der Waals surface area contributed by atoms with Crippen molar-refractivity contribution in [3.05, 3.63) is 93.4 Å². The van der Waals surface area contributed by atoms with Crippen molar-refractivity contribution in [1.29, 1.82) is 0 Å². The second-order valence-corrected chi connectivity index (χ2v) is 9.32. The Kier molecular flexibility index (Phi) is 6.51. The minimum Gasteiger partial charge on any atom is -0.351 e. The molecule has 7 nitrogen and oxygen atoms in total. The normalized spacial score (nSPS) is 15.8. The fourth-order valence-corrected chi connectivity index (χ4v) is 4.66. The van der Waals surface area contributed by atoms with Gasteiger partial charge in [0.25, 0.3) is 5.56 Å². The Balaban J connectivity index is 1.45. The summed E-state index contributed by atoms with van der Waals surface area (Å²) in [4.78, 5) is 37.7. The molecule has 2 aromatic heterocycles. The summed E-state index contributed by atoms with van der Waals surface area (Å²) in [6.45, 7) is 3.50. The summed E-state index contributed by atoms with van der Waals surface area (Å²) in [5, 5.41) is 3.43. The van der Waals surface area contributed by atoms with Gasteiger partial charge in [0.2, 0.25) is 5.91 Å². The van der Waals surface area contributed by atoms with E-state index < -0.39 is 0 Å². The number of halogens is 1. The van der Waals surface area contributed by atoms with Gasteiger partial charge in [0.05, 0.1) is 23.2 Å². The number of benzene rings is 2. The maximum absolute atomic E-state index is 13.7. The number of hydrogen-bond donors (Lipinski definition) is 1. The predicted octanol–water partition coefficient (Wildman–Crippen LogP) is 4.66. The van der Waals surface area contributed by atoms with E-state index in [1.165, 1.54) is 0 Å². The Morgan fingerprint density at radius 3 is 2.71 bits per heavy atom. The Hall–Kier alpha value is -3.71. The molecule has 0 aliphatic carbocycles. The van der Waals surface area contributed by atoms with E-state index in [-0.39, 0.29) is 17.4 Å². The minimum absolute atomic E-state index is 0.106. The number of hydrogen-bond acceptors (Lipinski definition) is 5. The van der Waals surface area contributed by atoms with Crippen LogP contribution in [-0.4, -0.2) is 33.5 Å². The molecule has 1 saturated heterocycles. The Bertz CT molecular complexity index is 1430. The standard InChI is InChI=1S/C27H26ClN5O2/c1-18-10-12-19(13-11-18)16-33-24-23(9-4-14-29-24)30-25(27(33)35)32-15-5-6-20(17-32)26(34)31-22-8-3-2-7-21(22)28/h2-4,7-14,20H,5-6,15-17H2,1H3,(H,31,34). The number of piperidine rings is 1. The van der Waals surface area contributed by atoms with Gasteiger partial charge in [-0.15, -0.1) is 0 Å². The number of carbonyl (C=O) groups excluding carboxylic acids is 1. The van der Waals surface area contributed by atoms with Crippen LogP contribution in [0, 0.1) is 12.8 Å². The molecule has 35 heavy (non-hydrogen) atoms. The first-order valence-electron chi connectivity index (χ1n) is 11.7. The fourth-order valence-electron chi connectivity index (χ4n) is 4.47. The van der Waals surface area contributed by atoms with Crippen LogP contribution in [0.3, 0.4) is 0 Å². The van der Waals surface area contributed by atoms with Crippen molar-refractivity contribution < 1.29 is 4.79 Å². The summed E-state index contributed by atoms with van der Waals surface area (Å²) in [6.07, 6.45) is 3.19. The lowest BCUT2D eigenvalue weighted by Crippen LogP contribution is -2.44. The molecule has 1 N–H and O–H groups in total. The molecule has 0 saturated carbocycles. The Morgan fingerprint density at radius 2 is 1.91 bits per heavy atom. The maximum atomic E-state index is 13.7. The molecular weight excluding hydrogens is 462 g/mol. The van der Waals surface area contributed by atoms with Gasteiger partial charge in [0.15, 0.2) is 11.5 Å². The van der Waals surface area contributed by atoms with Gasteiger partial charge in [-0.05, 0) is 49.6 Å². The van der Waals surface area contributed by atoms with Gasteiger partial charge in [-0.25, -0.2) is 9.97 Å². The van der Waals surface area contributed by atoms with Gasteiger partial charge in [0.1, 0.15) is 5.52 Å². The van der Waals surface area contributed by atoms with Gasteiger partial charge in [-0.2, -0.15) is 0 Å². The molecular formula is C27H26ClN5O2. The van der Waals surface area contributed by atoms with Crippen molar-refractivity contribution in [2.75, 3.05) is 23.3 Å². The molecule has 0 bridgehead atoms. The number of amides is 1. The first-order valence-corrected chi connectivity index (χ1v) is 12.1. The van der Waals surface area contributed by atoms with Gasteiger partial charge >= 0.3 is 0 Å². The molecule has 1 atom stereocenters. The van der Waals surface area contributed by atoms with Gasteiger partial charge < -0.3 is 10.2 Å². The van der Waals surface area contributed by atoms with Crippen LogP contribution in [0.2, 0.25) is 5.02 Å². The highest BCUT2D eigenvalue weighted by Crippen LogP contribution is 2.25. The first-order chi connectivity index (χ1) is 17.0. The number of fused-ring (bicyclic) bond motifs is 1. The number of para-hydroxylation sites is 1. The maximum Gasteiger partial charge on any atom is 0.295 e. The quantitative estimate of drug-likeness (QED) is 0.443. The molecule has 8 heteroatoms. The van der Waals surface area contributed by atoms with Gasteiger partial charge in [-0.3, -0.25) is 14.2 Å². The largest absolute Gasteiger partial charge is 0.351 e. The minimum atomic E-state index is -0.281. The molecule has 0 radical (unpaired) electrons. The van der Waals surface area contributed by atoms with Gasteiger partial charge in [-0.1, -0.05) is 53.6 Å². The lowest BCUT2D eigenvalue weighted by molar-refractivity contribution is -0.120. The zero-order chi connectivity index (χ0) is 24.4. The molecule has 1 aliphatic heterocycles. The lowest BCUT2D eigenvalue weighted by Gasteiger charge is -2.32. The number of rotatable bonds is 5. The summed E-state index contributed by atoms with van der Waals surface area (Å²) >= 11 is 6.22. The van der Waals surface area contributed by atoms with Crippen LogP contribution in [0.1, 0.15) is 24.0 Å². The molecule has 0 spiro atoms. The Labute approximate surface area is 208 Å². The van der Waals surface area contributed by atoms with E-state index in [0.29, 0.717) is 47.3 Å². The third-order valence-corrected chi connectivity index (χ3v) is 6.70. The van der Waals surface area contributed by atoms with Crippen molar-refractivity contribution in [2.45, 2.75) is 26.3 Å². The zero-order valence-corrected chi connectivity index (χ0v) is 20.2. The van der Waals surface area contributed by atoms with Crippen LogP contribution in [-0.2, 0) is 11.3 Å². The highest BCUT2D eigenvalue weighted by molar-refractivity contribution is 6.33. The van der Waals surface area contributed by atoms with E-state index in [1.54, 1.807) is 22.9 Å². The van der Waals surface area contributed by atoms with E-state index >= 15 is 0 Å². The molecule has 1 amide bonds. The smallest absolute Gasteiger partial charge is 0.295 e. The van der Waals surface area contributed by atoms with E-state index in [4.69, 9.17) is 11.6 Å². The second kappa shape index (κ2) is 9.88. The van der Waals surface area contributed by atoms with Crippen LogP contribution < -0.4 is 15.8 Å². The molecule has 2 aromatic carbocycles. The second-order valence-electron chi connectivity index (χ2n) is 8.91. The van der Waals surface area contributed by atoms with Crippen molar-refractivity contribution in [3.8, 4) is 0 Å². The molecule has 3 heterocycles. The third-order valence-electron chi connectivity index (χ3n) is 6.37. The molecule has 4 aromatic rings. The number of pyridine rings is 1. The molecule has 1 fully saturated rings. The van der Waals surface area contributed by atoms with E-state index in [1.807, 2.05) is 60.4 Å². The van der Waals surface area contributed by atoms with Crippen molar-refractivity contribution >= 4 is 40.2 Å². The molecule has 1 aliphatic rings. The summed E-state index contributed by atoms with van der Waals surface area (Å²) in [5.74, 6) is -0.0329. The first kappa shape index (κ1) is 23.1. The number of aromatic nitrogens is 3. The fraction of sp³-hybridized carbons (Fsp3) is 0.259. The number of nitrogens with zero attached hydrogens (tertiary/aromatic N) is 4. The molecule has 178 valence electrons. The predicted molar refractivity (Wildman–Crippen MR) is 139 cm³/mol. The van der Waals surface area contributed by atoms with Crippen LogP contribution in [0.4, 0.5) is 11.5 Å². The average Bonchev–Trinajstić information content (AvgIpc) is 2.88. The van der Waals surface area contributed by atoms with Gasteiger partial charge in [0, 0.05) is 19.3 Å². The van der Waals surface area contributed by atoms with Crippen LogP contribution >= 0.6 is 11.6 Å². The van der Waals surface area contributed by atoms with E-state index in [0.717, 1.165) is 24.0 Å². The highest BCUT2D eigenvalue weighted by Gasteiger charge is 2.29. The summed E-state index contributed by atoms with van der Waals surface area (Å²) in [6, 6.07) is 19.0. The summed E-state index contributed by atoms with van der Waals surface area (Å²) in [5.41, 5.74) is 3.76.